The third-order valence-electron chi connectivity index (χ3n) is 10.2. The number of rotatable bonds is 12. The summed E-state index contributed by atoms with van der Waals surface area (Å²) in [6, 6.07) is 0. The highest BCUT2D eigenvalue weighted by atomic mass is 28.4. The number of hydrogen-bond donors (Lipinski definition) is 0. The molecule has 2 aliphatic carbocycles. The van der Waals surface area contributed by atoms with Crippen molar-refractivity contribution in [3.05, 3.63) is 23.3 Å². The molecule has 2 rings (SSSR count). The van der Waals surface area contributed by atoms with Crippen molar-refractivity contribution >= 4 is 28.4 Å². The Balaban J connectivity index is 2.42. The van der Waals surface area contributed by atoms with Gasteiger partial charge in [0.2, 0.25) is 0 Å². The number of ether oxygens (including phenoxy) is 1. The number of hydrogen-bond acceptors (Lipinski definition) is 5. The maximum absolute atomic E-state index is 13.6. The Morgan fingerprint density at radius 3 is 2.02 bits per heavy atom. The zero-order valence-electron chi connectivity index (χ0n) is 27.9. The van der Waals surface area contributed by atoms with Crippen LogP contribution in [0.15, 0.2) is 23.3 Å². The predicted molar refractivity (Wildman–Crippen MR) is 172 cm³/mol. The van der Waals surface area contributed by atoms with Gasteiger partial charge in [0, 0.05) is 24.3 Å². The number of allylic oxidation sites excluding steroid dienone is 1. The minimum absolute atomic E-state index is 0.0610. The minimum Gasteiger partial charge on any atom is -0.469 e. The second kappa shape index (κ2) is 14.0. The van der Waals surface area contributed by atoms with Gasteiger partial charge in [-0.25, -0.2) is 0 Å². The molecule has 230 valence electrons. The van der Waals surface area contributed by atoms with Crippen molar-refractivity contribution in [1.29, 1.82) is 0 Å². The van der Waals surface area contributed by atoms with Crippen LogP contribution in [0.4, 0.5) is 0 Å². The number of ketones is 1. The van der Waals surface area contributed by atoms with Gasteiger partial charge in [0.05, 0.1) is 19.3 Å². The molecule has 0 bridgehead atoms. The van der Waals surface area contributed by atoms with Crippen molar-refractivity contribution in [2.45, 2.75) is 155 Å². The molecule has 3 atom stereocenters. The summed E-state index contributed by atoms with van der Waals surface area (Å²) in [5.74, 6) is 0.514. The summed E-state index contributed by atoms with van der Waals surface area (Å²) >= 11 is 0. The summed E-state index contributed by atoms with van der Waals surface area (Å²) in [6.07, 6.45) is 12.8. The summed E-state index contributed by atoms with van der Waals surface area (Å²) in [5.41, 5.74) is 2.06. The molecule has 2 saturated carbocycles. The first-order valence-electron chi connectivity index (χ1n) is 15.6. The van der Waals surface area contributed by atoms with Crippen LogP contribution in [0.5, 0.6) is 0 Å². The van der Waals surface area contributed by atoms with Gasteiger partial charge in [-0.15, -0.1) is 0 Å². The Hall–Kier alpha value is -1.03. The molecule has 40 heavy (non-hydrogen) atoms. The van der Waals surface area contributed by atoms with Gasteiger partial charge in [0.25, 0.3) is 0 Å². The molecule has 0 aliphatic heterocycles. The number of Topliss-reactive ketones (excluding diaryl/α,β-unsaturated/α-hetero) is 1. The molecule has 2 aliphatic rings. The van der Waals surface area contributed by atoms with Crippen molar-refractivity contribution in [2.24, 2.45) is 11.8 Å². The van der Waals surface area contributed by atoms with Gasteiger partial charge >= 0.3 is 5.97 Å². The van der Waals surface area contributed by atoms with E-state index >= 15 is 0 Å². The Bertz CT molecular complexity index is 929. The lowest BCUT2D eigenvalue weighted by atomic mass is 9.91. The number of carbonyl (C=O) groups is 2. The van der Waals surface area contributed by atoms with Gasteiger partial charge in [-0.05, 0) is 81.2 Å². The molecule has 0 aromatic rings. The predicted octanol–water partition coefficient (Wildman–Crippen LogP) is 9.15. The zero-order valence-corrected chi connectivity index (χ0v) is 29.9. The second-order valence-electron chi connectivity index (χ2n) is 15.3. The first kappa shape index (κ1) is 35.2. The average molecular weight is 593 g/mol. The van der Waals surface area contributed by atoms with Crippen molar-refractivity contribution in [3.63, 3.8) is 0 Å². The topological polar surface area (TPSA) is 61.8 Å². The Morgan fingerprint density at radius 2 is 1.50 bits per heavy atom. The van der Waals surface area contributed by atoms with Gasteiger partial charge in [0.15, 0.2) is 22.4 Å². The first-order valence-corrected chi connectivity index (χ1v) is 21.5. The molecule has 2 fully saturated rings. The largest absolute Gasteiger partial charge is 0.469 e. The van der Waals surface area contributed by atoms with Crippen LogP contribution in [0.2, 0.25) is 36.3 Å². The SMILES string of the molecule is COC(=O)CCCCC(C)=C1C(=O)CC(O[Si](C)(C)C(C)(C)C)C1C=CC(O[Si](C)(C)C(C)(C)C)C1CCCC1. The van der Waals surface area contributed by atoms with Gasteiger partial charge < -0.3 is 13.6 Å². The Kier molecular flexibility index (Phi) is 12.3. The Labute approximate surface area is 248 Å². The molecule has 0 saturated heterocycles. The second-order valence-corrected chi connectivity index (χ2v) is 24.8. The average Bonchev–Trinajstić information content (AvgIpc) is 3.45. The highest BCUT2D eigenvalue weighted by molar-refractivity contribution is 6.74. The lowest BCUT2D eigenvalue weighted by molar-refractivity contribution is -0.140. The third-order valence-corrected chi connectivity index (χ3v) is 19.1. The smallest absolute Gasteiger partial charge is 0.305 e. The zero-order chi connectivity index (χ0) is 30.5. The van der Waals surface area contributed by atoms with E-state index in [1.165, 1.54) is 32.8 Å². The monoisotopic (exact) mass is 592 g/mol. The standard InChI is InChI=1S/C33H60O5Si2/c1-24(17-13-16-20-30(35)36-8)31-26(29(23-27(31)34)38-40(11,12)33(5,6)7)21-22-28(25-18-14-15-19-25)37-39(9,10)32(2,3)4/h21-22,25-26,28-29H,13-20,23H2,1-12H3. The van der Waals surface area contributed by atoms with Gasteiger partial charge in [0.1, 0.15) is 0 Å². The molecule has 0 N–H and O–H groups in total. The normalized spacial score (nSPS) is 23.8. The quantitative estimate of drug-likeness (QED) is 0.0743. The molecule has 0 spiro atoms. The van der Waals surface area contributed by atoms with Crippen LogP contribution in [0.1, 0.15) is 106 Å². The van der Waals surface area contributed by atoms with Crippen molar-refractivity contribution in [3.8, 4) is 0 Å². The van der Waals surface area contributed by atoms with Crippen LogP contribution in [0.3, 0.4) is 0 Å². The molecule has 0 radical (unpaired) electrons. The Morgan fingerprint density at radius 1 is 0.950 bits per heavy atom. The molecule has 0 aromatic carbocycles. The van der Waals surface area contributed by atoms with E-state index in [2.05, 4.69) is 86.8 Å². The lowest BCUT2D eigenvalue weighted by Crippen LogP contribution is -2.45. The van der Waals surface area contributed by atoms with Crippen LogP contribution >= 0.6 is 0 Å². The summed E-state index contributed by atoms with van der Waals surface area (Å²) in [4.78, 5) is 25.1. The fourth-order valence-electron chi connectivity index (χ4n) is 5.43. The fourth-order valence-corrected chi connectivity index (χ4v) is 8.07. The summed E-state index contributed by atoms with van der Waals surface area (Å²) in [5, 5.41) is 0.207. The molecular weight excluding hydrogens is 533 g/mol. The number of carbonyl (C=O) groups excluding carboxylic acids is 2. The van der Waals surface area contributed by atoms with Crippen LogP contribution in [-0.4, -0.2) is 47.7 Å². The van der Waals surface area contributed by atoms with E-state index < -0.39 is 16.6 Å². The third kappa shape index (κ3) is 9.24. The van der Waals surface area contributed by atoms with Gasteiger partial charge in [-0.1, -0.05) is 72.1 Å². The van der Waals surface area contributed by atoms with Crippen LogP contribution in [-0.2, 0) is 23.2 Å². The van der Waals surface area contributed by atoms with E-state index in [1.807, 2.05) is 0 Å². The lowest BCUT2D eigenvalue weighted by Gasteiger charge is -2.40. The van der Waals surface area contributed by atoms with Crippen molar-refractivity contribution < 1.29 is 23.2 Å². The molecular formula is C33H60O5Si2. The summed E-state index contributed by atoms with van der Waals surface area (Å²) in [6.45, 7) is 25.0. The number of unbranched alkanes of at least 4 members (excludes halogenated alkanes) is 1. The van der Waals surface area contributed by atoms with Crippen LogP contribution in [0, 0.1) is 11.8 Å². The van der Waals surface area contributed by atoms with Crippen LogP contribution < -0.4 is 0 Å². The molecule has 3 unspecified atom stereocenters. The van der Waals surface area contributed by atoms with E-state index in [0.717, 1.165) is 30.4 Å². The van der Waals surface area contributed by atoms with Crippen molar-refractivity contribution in [2.75, 3.05) is 7.11 Å². The minimum atomic E-state index is -2.08. The number of methoxy groups -OCH3 is 1. The fraction of sp³-hybridized carbons (Fsp3) is 0.818. The van der Waals surface area contributed by atoms with E-state index in [0.29, 0.717) is 18.8 Å². The summed E-state index contributed by atoms with van der Waals surface area (Å²) < 4.78 is 18.8. The highest BCUT2D eigenvalue weighted by Crippen LogP contribution is 2.44. The maximum atomic E-state index is 13.6. The summed E-state index contributed by atoms with van der Waals surface area (Å²) in [7, 11) is -2.62. The molecule has 0 amide bonds. The van der Waals surface area contributed by atoms with Gasteiger partial charge in [-0.2, -0.15) is 0 Å². The molecule has 0 aromatic heterocycles. The van der Waals surface area contributed by atoms with E-state index in [1.54, 1.807) is 0 Å². The molecule has 5 nitrogen and oxygen atoms in total. The molecule has 7 heteroatoms. The first-order chi connectivity index (χ1) is 18.3. The van der Waals surface area contributed by atoms with Crippen molar-refractivity contribution in [1.82, 2.24) is 0 Å². The maximum Gasteiger partial charge on any atom is 0.305 e. The van der Waals surface area contributed by atoms with E-state index in [-0.39, 0.29) is 40.0 Å². The highest BCUT2D eigenvalue weighted by Gasteiger charge is 2.46. The van der Waals surface area contributed by atoms with E-state index in [9.17, 15) is 9.59 Å². The molecule has 0 heterocycles. The van der Waals surface area contributed by atoms with Crippen LogP contribution in [0.25, 0.3) is 0 Å². The van der Waals surface area contributed by atoms with E-state index in [4.69, 9.17) is 13.6 Å². The number of esters is 1. The van der Waals surface area contributed by atoms with Gasteiger partial charge in [-0.3, -0.25) is 9.59 Å².